The van der Waals surface area contributed by atoms with Crippen LogP contribution in [0.5, 0.6) is 11.6 Å². The van der Waals surface area contributed by atoms with Gasteiger partial charge in [0.25, 0.3) is 5.91 Å². The van der Waals surface area contributed by atoms with Gasteiger partial charge in [0.15, 0.2) is 0 Å². The van der Waals surface area contributed by atoms with E-state index in [1.165, 1.54) is 12.3 Å². The lowest BCUT2D eigenvalue weighted by Gasteiger charge is -2.09. The van der Waals surface area contributed by atoms with Crippen LogP contribution >= 0.6 is 27.5 Å². The van der Waals surface area contributed by atoms with Crippen molar-refractivity contribution in [1.29, 1.82) is 0 Å². The van der Waals surface area contributed by atoms with Crippen LogP contribution < -0.4 is 15.4 Å². The van der Waals surface area contributed by atoms with Gasteiger partial charge in [-0.2, -0.15) is 0 Å². The maximum absolute atomic E-state index is 13.0. The second-order valence-corrected chi connectivity index (χ2v) is 7.45. The molecule has 0 saturated heterocycles. The Kier molecular flexibility index (Phi) is 7.37. The van der Waals surface area contributed by atoms with E-state index in [0.29, 0.717) is 17.3 Å². The highest BCUT2D eigenvalue weighted by Crippen LogP contribution is 2.23. The second kappa shape index (κ2) is 10.2. The lowest BCUT2D eigenvalue weighted by atomic mass is 10.2. The SMILES string of the molecule is O=C(CCNC(=O)c1ccc(F)cc1Cl)Nc1ccc(Oc2cccc(Br)c2)nc1. The Labute approximate surface area is 185 Å². The molecular weight excluding hydrogens is 477 g/mol. The van der Waals surface area contributed by atoms with Gasteiger partial charge in [-0.25, -0.2) is 9.37 Å². The lowest BCUT2D eigenvalue weighted by molar-refractivity contribution is -0.116. The first-order valence-electron chi connectivity index (χ1n) is 8.83. The van der Waals surface area contributed by atoms with Crippen molar-refractivity contribution in [2.45, 2.75) is 6.42 Å². The summed E-state index contributed by atoms with van der Waals surface area (Å²) in [6, 6.07) is 14.1. The summed E-state index contributed by atoms with van der Waals surface area (Å²) in [4.78, 5) is 28.3. The van der Waals surface area contributed by atoms with Gasteiger partial charge in [0.2, 0.25) is 11.8 Å². The molecule has 3 rings (SSSR count). The van der Waals surface area contributed by atoms with Crippen LogP contribution in [0.15, 0.2) is 65.3 Å². The Balaban J connectivity index is 1.46. The minimum absolute atomic E-state index is 0.00759. The fourth-order valence-electron chi connectivity index (χ4n) is 2.45. The number of nitrogens with one attached hydrogen (secondary N) is 2. The van der Waals surface area contributed by atoms with E-state index in [-0.39, 0.29) is 29.5 Å². The highest BCUT2D eigenvalue weighted by atomic mass is 79.9. The molecule has 154 valence electrons. The molecule has 2 amide bonds. The summed E-state index contributed by atoms with van der Waals surface area (Å²) in [7, 11) is 0. The van der Waals surface area contributed by atoms with E-state index >= 15 is 0 Å². The predicted octanol–water partition coefficient (Wildman–Crippen LogP) is 5.19. The van der Waals surface area contributed by atoms with Crippen LogP contribution in [0.1, 0.15) is 16.8 Å². The van der Waals surface area contributed by atoms with E-state index in [0.717, 1.165) is 16.6 Å². The molecule has 0 atom stereocenters. The van der Waals surface area contributed by atoms with Gasteiger partial charge >= 0.3 is 0 Å². The summed E-state index contributed by atoms with van der Waals surface area (Å²) in [5.74, 6) is -0.302. The molecule has 0 saturated carbocycles. The number of amides is 2. The van der Waals surface area contributed by atoms with Gasteiger partial charge in [-0.1, -0.05) is 33.6 Å². The first-order chi connectivity index (χ1) is 14.4. The molecule has 0 aliphatic carbocycles. The molecule has 0 aliphatic rings. The second-order valence-electron chi connectivity index (χ2n) is 6.12. The average molecular weight is 493 g/mol. The molecule has 2 aromatic carbocycles. The zero-order chi connectivity index (χ0) is 21.5. The zero-order valence-corrected chi connectivity index (χ0v) is 17.8. The summed E-state index contributed by atoms with van der Waals surface area (Å²) in [5, 5.41) is 5.26. The van der Waals surface area contributed by atoms with Gasteiger partial charge in [-0.3, -0.25) is 9.59 Å². The summed E-state index contributed by atoms with van der Waals surface area (Å²) < 4.78 is 19.6. The minimum Gasteiger partial charge on any atom is -0.439 e. The van der Waals surface area contributed by atoms with Crippen LogP contribution in [-0.2, 0) is 4.79 Å². The highest BCUT2D eigenvalue weighted by molar-refractivity contribution is 9.10. The number of carbonyl (C=O) groups excluding carboxylic acids is 2. The molecule has 6 nitrogen and oxygen atoms in total. The van der Waals surface area contributed by atoms with Gasteiger partial charge in [-0.05, 0) is 42.5 Å². The number of carbonyl (C=O) groups is 2. The summed E-state index contributed by atoms with van der Waals surface area (Å²) in [6.45, 7) is 0.0931. The first kappa shape index (κ1) is 21.7. The predicted molar refractivity (Wildman–Crippen MR) is 115 cm³/mol. The number of ether oxygens (including phenoxy) is 1. The minimum atomic E-state index is -0.530. The third-order valence-electron chi connectivity index (χ3n) is 3.85. The van der Waals surface area contributed by atoms with Gasteiger partial charge in [0.1, 0.15) is 11.6 Å². The Morgan fingerprint density at radius 1 is 1.13 bits per heavy atom. The molecule has 0 aliphatic heterocycles. The van der Waals surface area contributed by atoms with Gasteiger partial charge in [-0.15, -0.1) is 0 Å². The van der Waals surface area contributed by atoms with Crippen LogP contribution in [-0.4, -0.2) is 23.3 Å². The normalized spacial score (nSPS) is 10.4. The van der Waals surface area contributed by atoms with Crippen LogP contribution in [0.4, 0.5) is 10.1 Å². The van der Waals surface area contributed by atoms with Gasteiger partial charge < -0.3 is 15.4 Å². The highest BCUT2D eigenvalue weighted by Gasteiger charge is 2.11. The summed E-state index contributed by atoms with van der Waals surface area (Å²) in [6.07, 6.45) is 1.52. The summed E-state index contributed by atoms with van der Waals surface area (Å²) in [5.41, 5.74) is 0.637. The molecule has 0 unspecified atom stereocenters. The number of rotatable bonds is 7. The van der Waals surface area contributed by atoms with Crippen molar-refractivity contribution < 1.29 is 18.7 Å². The molecule has 1 heterocycles. The Bertz CT molecular complexity index is 1060. The third kappa shape index (κ3) is 6.27. The van der Waals surface area contributed by atoms with Crippen molar-refractivity contribution in [3.63, 3.8) is 0 Å². The van der Waals surface area contributed by atoms with Crippen molar-refractivity contribution in [3.8, 4) is 11.6 Å². The molecule has 3 aromatic rings. The molecule has 9 heteroatoms. The Morgan fingerprint density at radius 3 is 2.67 bits per heavy atom. The quantitative estimate of drug-likeness (QED) is 0.476. The monoisotopic (exact) mass is 491 g/mol. The number of aromatic nitrogens is 1. The number of benzene rings is 2. The largest absolute Gasteiger partial charge is 0.439 e. The van der Waals surface area contributed by atoms with E-state index < -0.39 is 11.7 Å². The zero-order valence-electron chi connectivity index (χ0n) is 15.5. The molecular formula is C21H16BrClFN3O3. The van der Waals surface area contributed by atoms with Gasteiger partial charge in [0.05, 0.1) is 22.5 Å². The van der Waals surface area contributed by atoms with E-state index in [9.17, 15) is 14.0 Å². The Morgan fingerprint density at radius 2 is 1.97 bits per heavy atom. The number of halogens is 3. The maximum atomic E-state index is 13.0. The third-order valence-corrected chi connectivity index (χ3v) is 4.66. The number of nitrogens with zero attached hydrogens (tertiary/aromatic N) is 1. The topological polar surface area (TPSA) is 80.3 Å². The van der Waals surface area contributed by atoms with Crippen molar-refractivity contribution in [3.05, 3.63) is 81.7 Å². The number of anilines is 1. The molecule has 0 bridgehead atoms. The van der Waals surface area contributed by atoms with E-state index in [4.69, 9.17) is 16.3 Å². The van der Waals surface area contributed by atoms with Crippen molar-refractivity contribution >= 4 is 45.0 Å². The van der Waals surface area contributed by atoms with Crippen molar-refractivity contribution in [2.75, 3.05) is 11.9 Å². The standard InChI is InChI=1S/C21H16BrClFN3O3/c22-13-2-1-3-16(10-13)30-20-7-5-15(12-26-20)27-19(28)8-9-25-21(29)17-6-4-14(24)11-18(17)23/h1-7,10-12H,8-9H2,(H,25,29)(H,27,28). The van der Waals surface area contributed by atoms with Crippen molar-refractivity contribution in [2.24, 2.45) is 0 Å². The van der Waals surface area contributed by atoms with E-state index in [1.54, 1.807) is 18.2 Å². The van der Waals surface area contributed by atoms with Crippen LogP contribution in [0.2, 0.25) is 5.02 Å². The molecule has 0 spiro atoms. The number of pyridine rings is 1. The molecule has 0 fully saturated rings. The van der Waals surface area contributed by atoms with Gasteiger partial charge in [0, 0.05) is 23.5 Å². The molecule has 30 heavy (non-hydrogen) atoms. The lowest BCUT2D eigenvalue weighted by Crippen LogP contribution is -2.27. The smallest absolute Gasteiger partial charge is 0.252 e. The number of hydrogen-bond acceptors (Lipinski definition) is 4. The average Bonchev–Trinajstić information content (AvgIpc) is 2.69. The van der Waals surface area contributed by atoms with Crippen molar-refractivity contribution in [1.82, 2.24) is 10.3 Å². The summed E-state index contributed by atoms with van der Waals surface area (Å²) >= 11 is 9.21. The van der Waals surface area contributed by atoms with E-state index in [2.05, 4.69) is 31.5 Å². The van der Waals surface area contributed by atoms with E-state index in [1.807, 2.05) is 18.2 Å². The molecule has 2 N–H and O–H groups in total. The fraction of sp³-hybridized carbons (Fsp3) is 0.0952. The van der Waals surface area contributed by atoms with Crippen LogP contribution in [0.25, 0.3) is 0 Å². The number of hydrogen-bond donors (Lipinski definition) is 2. The molecule has 0 radical (unpaired) electrons. The fourth-order valence-corrected chi connectivity index (χ4v) is 3.08. The first-order valence-corrected chi connectivity index (χ1v) is 10.0. The van der Waals surface area contributed by atoms with Crippen LogP contribution in [0.3, 0.4) is 0 Å². The maximum Gasteiger partial charge on any atom is 0.252 e. The molecule has 1 aromatic heterocycles. The van der Waals surface area contributed by atoms with Crippen LogP contribution in [0, 0.1) is 5.82 Å². The Hall–Kier alpha value is -2.97.